The van der Waals surface area contributed by atoms with Crippen molar-refractivity contribution in [3.8, 4) is 0 Å². The Bertz CT molecular complexity index is 493. The molecule has 1 radical (unpaired) electrons. The van der Waals surface area contributed by atoms with E-state index in [1.54, 1.807) is 13.2 Å². The van der Waals surface area contributed by atoms with E-state index in [0.717, 1.165) is 5.69 Å². The van der Waals surface area contributed by atoms with E-state index in [2.05, 4.69) is 26.3 Å². The smallest absolute Gasteiger partial charge is 0.218 e. The Morgan fingerprint density at radius 2 is 2.06 bits per heavy atom. The van der Waals surface area contributed by atoms with Crippen LogP contribution in [-0.4, -0.2) is 17.0 Å². The number of hydrogen-bond acceptors (Lipinski definition) is 3. The first-order chi connectivity index (χ1) is 7.38. The Morgan fingerprint density at radius 1 is 1.31 bits per heavy atom. The molecule has 2 N–H and O–H groups in total. The van der Waals surface area contributed by atoms with E-state index in [9.17, 15) is 0 Å². The summed E-state index contributed by atoms with van der Waals surface area (Å²) in [6.07, 6.45) is 1.68. The molecule has 2 aromatic rings. The Kier molecular flexibility index (Phi) is 5.36. The zero-order chi connectivity index (χ0) is 10.5. The Morgan fingerprint density at radius 3 is 2.75 bits per heavy atom. The van der Waals surface area contributed by atoms with Gasteiger partial charge in [0, 0.05) is 45.4 Å². The van der Waals surface area contributed by atoms with Crippen molar-refractivity contribution in [2.75, 3.05) is 12.4 Å². The van der Waals surface area contributed by atoms with Crippen LogP contribution < -0.4 is 10.9 Å². The minimum Gasteiger partial charge on any atom is -0.410 e. The molecule has 0 unspecified atom stereocenters. The number of benzene rings is 1. The van der Waals surface area contributed by atoms with Gasteiger partial charge in [-0.25, -0.2) is 4.98 Å². The zero-order valence-corrected chi connectivity index (χ0v) is 11.8. The Labute approximate surface area is 119 Å². The summed E-state index contributed by atoms with van der Waals surface area (Å²) in [6.45, 7) is 0. The summed E-state index contributed by atoms with van der Waals surface area (Å²) < 4.78 is 0. The van der Waals surface area contributed by atoms with Gasteiger partial charge in [-0.1, -0.05) is 18.2 Å². The molecule has 0 spiro atoms. The molecule has 0 aliphatic carbocycles. The molecule has 0 atom stereocenters. The van der Waals surface area contributed by atoms with Crippen LogP contribution in [0.1, 0.15) is 0 Å². The molecular weight excluding hydrogens is 277 g/mol. The average molecular weight is 288 g/mol. The van der Waals surface area contributed by atoms with E-state index in [0.29, 0.717) is 11.4 Å². The third-order valence-electron chi connectivity index (χ3n) is 1.88. The topological polar surface area (TPSA) is 53.1 Å². The van der Waals surface area contributed by atoms with Gasteiger partial charge in [-0.2, -0.15) is 6.20 Å². The molecule has 0 saturated heterocycles. The third kappa shape index (κ3) is 3.54. The summed E-state index contributed by atoms with van der Waals surface area (Å²) in [5, 5.41) is 3.13. The molecule has 16 heavy (non-hydrogen) atoms. The van der Waals surface area contributed by atoms with E-state index >= 15 is 0 Å². The number of aromatic amines is 1. The van der Waals surface area contributed by atoms with Crippen molar-refractivity contribution >= 4 is 11.5 Å². The summed E-state index contributed by atoms with van der Waals surface area (Å²) in [4.78, 5) is 11.0. The zero-order valence-electron chi connectivity index (χ0n) is 8.94. The van der Waals surface area contributed by atoms with Gasteiger partial charge >= 0.3 is 0 Å². The van der Waals surface area contributed by atoms with Gasteiger partial charge in [-0.05, 0) is 18.0 Å². The summed E-state index contributed by atoms with van der Waals surface area (Å²) in [5.41, 5.74) is 1.56. The molecule has 5 heteroatoms. The van der Waals surface area contributed by atoms with E-state index in [-0.39, 0.29) is 32.7 Å². The maximum atomic E-state index is 4.20. The molecular formula is C11H11N4Y-. The number of H-pyrrole nitrogens is 1. The number of rotatable bonds is 2. The second-order valence-electron chi connectivity index (χ2n) is 2.93. The number of nitrogens with one attached hydrogen (secondary N) is 2. The molecule has 1 aromatic carbocycles. The fraction of sp³-hybridized carbons (Fsp3) is 0.0909. The van der Waals surface area contributed by atoms with Crippen LogP contribution in [0, 0.1) is 6.07 Å². The first kappa shape index (κ1) is 13.1. The second kappa shape index (κ2) is 6.56. The molecule has 0 amide bonds. The number of anilines is 2. The number of nitrogens with zero attached hydrogens (tertiary/aromatic N) is 2. The van der Waals surface area contributed by atoms with Crippen molar-refractivity contribution in [1.82, 2.24) is 9.97 Å². The summed E-state index contributed by atoms with van der Waals surface area (Å²) in [6, 6.07) is 12.8. The van der Waals surface area contributed by atoms with Crippen LogP contribution in [0.25, 0.3) is 0 Å². The van der Waals surface area contributed by atoms with E-state index in [1.807, 2.05) is 30.3 Å². The minimum absolute atomic E-state index is 0. The molecule has 0 aliphatic rings. The maximum absolute atomic E-state index is 4.20. The number of hydrogen-bond donors (Lipinski definition) is 2. The fourth-order valence-electron chi connectivity index (χ4n) is 1.18. The summed E-state index contributed by atoms with van der Waals surface area (Å²) in [5.74, 6) is 0.653. The van der Waals surface area contributed by atoms with Crippen LogP contribution in [0.3, 0.4) is 0 Å². The van der Waals surface area contributed by atoms with Crippen molar-refractivity contribution in [3.05, 3.63) is 48.2 Å². The van der Waals surface area contributed by atoms with E-state index in [1.165, 1.54) is 0 Å². The van der Waals surface area contributed by atoms with Crippen molar-refractivity contribution in [3.63, 3.8) is 0 Å². The Balaban J connectivity index is 0.00000128. The SMILES string of the molecule is CN=c1nc(Nc2ccccc2)[c-]c[nH]1.[Y]. The molecule has 4 nitrogen and oxygen atoms in total. The van der Waals surface area contributed by atoms with Crippen LogP contribution in [-0.2, 0) is 32.7 Å². The predicted octanol–water partition coefficient (Wildman–Crippen LogP) is 1.48. The van der Waals surface area contributed by atoms with Gasteiger partial charge in [0.1, 0.15) is 0 Å². The van der Waals surface area contributed by atoms with Crippen molar-refractivity contribution in [1.29, 1.82) is 0 Å². The van der Waals surface area contributed by atoms with Gasteiger partial charge < -0.3 is 16.4 Å². The molecule has 0 fully saturated rings. The van der Waals surface area contributed by atoms with Gasteiger partial charge in [-0.3, -0.25) is 4.99 Å². The van der Waals surface area contributed by atoms with Crippen molar-refractivity contribution in [2.24, 2.45) is 4.99 Å². The second-order valence-corrected chi connectivity index (χ2v) is 2.93. The first-order valence-electron chi connectivity index (χ1n) is 4.61. The number of aromatic nitrogens is 2. The van der Waals surface area contributed by atoms with Crippen LogP contribution in [0.15, 0.2) is 41.5 Å². The molecule has 0 aliphatic heterocycles. The molecule has 2 rings (SSSR count). The number of para-hydroxylation sites is 1. The Hall–Kier alpha value is -0.996. The normalized spacial score (nSPS) is 10.7. The van der Waals surface area contributed by atoms with Crippen LogP contribution in [0.4, 0.5) is 11.5 Å². The van der Waals surface area contributed by atoms with Crippen molar-refractivity contribution in [2.45, 2.75) is 0 Å². The van der Waals surface area contributed by atoms with Gasteiger partial charge in [-0.15, -0.1) is 0 Å². The van der Waals surface area contributed by atoms with Gasteiger partial charge in [0.2, 0.25) is 5.62 Å². The first-order valence-corrected chi connectivity index (χ1v) is 4.61. The molecule has 1 heterocycles. The van der Waals surface area contributed by atoms with Crippen LogP contribution >= 0.6 is 0 Å². The summed E-state index contributed by atoms with van der Waals surface area (Å²) >= 11 is 0. The predicted molar refractivity (Wildman–Crippen MR) is 58.6 cm³/mol. The molecule has 0 saturated carbocycles. The largest absolute Gasteiger partial charge is 0.410 e. The van der Waals surface area contributed by atoms with Gasteiger partial charge in [0.25, 0.3) is 0 Å². The minimum atomic E-state index is 0. The average Bonchev–Trinajstić information content (AvgIpc) is 2.31. The van der Waals surface area contributed by atoms with Crippen molar-refractivity contribution < 1.29 is 32.7 Å². The van der Waals surface area contributed by atoms with Crippen LogP contribution in [0.2, 0.25) is 0 Å². The molecule has 0 bridgehead atoms. The van der Waals surface area contributed by atoms with E-state index < -0.39 is 0 Å². The fourth-order valence-corrected chi connectivity index (χ4v) is 1.18. The third-order valence-corrected chi connectivity index (χ3v) is 1.88. The summed E-state index contributed by atoms with van der Waals surface area (Å²) in [7, 11) is 1.69. The van der Waals surface area contributed by atoms with Gasteiger partial charge in [0.05, 0.1) is 0 Å². The van der Waals surface area contributed by atoms with Gasteiger partial charge in [0.15, 0.2) is 0 Å². The molecule has 1 aromatic heterocycles. The standard InChI is InChI=1S/C11H11N4.Y/c1-12-11-13-8-7-10(15-11)14-9-5-3-2-4-6-9;/h2-6,8H,1H3,(H2,12,13,14,15);/q-1;. The van der Waals surface area contributed by atoms with Crippen LogP contribution in [0.5, 0.6) is 0 Å². The monoisotopic (exact) mass is 288 g/mol. The quantitative estimate of drug-likeness (QED) is 0.822. The molecule has 79 valence electrons. The van der Waals surface area contributed by atoms with E-state index in [4.69, 9.17) is 0 Å². The maximum Gasteiger partial charge on any atom is 0.218 e.